The molecule has 0 bridgehead atoms. The molecule has 0 radical (unpaired) electrons. The molecule has 0 fully saturated rings. The molecule has 24 heavy (non-hydrogen) atoms. The van der Waals surface area contributed by atoms with E-state index in [4.69, 9.17) is 14.9 Å². The van der Waals surface area contributed by atoms with Crippen LogP contribution < -0.4 is 0 Å². The smallest absolute Gasteiger partial charge is 0.177 e. The standard InChI is InChI=1S/C21H44O3/c1-2-3-4-5-6-7-8-9-10-11-12-13-14-15-16-17-18-19-24-21(23)20-22/h21-23H,2-20H2,1H3. The first-order valence-corrected chi connectivity index (χ1v) is 10.7. The second-order valence-corrected chi connectivity index (χ2v) is 7.16. The molecule has 0 aromatic heterocycles. The number of rotatable bonds is 20. The molecule has 0 saturated carbocycles. The summed E-state index contributed by atoms with van der Waals surface area (Å²) in [5.74, 6) is 0. The maximum absolute atomic E-state index is 9.02. The summed E-state index contributed by atoms with van der Waals surface area (Å²) in [4.78, 5) is 0. The molecule has 0 aromatic rings. The van der Waals surface area contributed by atoms with E-state index in [1.54, 1.807) is 0 Å². The van der Waals surface area contributed by atoms with Crippen LogP contribution in [0.15, 0.2) is 0 Å². The van der Waals surface area contributed by atoms with Crippen LogP contribution in [0.5, 0.6) is 0 Å². The molecule has 0 spiro atoms. The lowest BCUT2D eigenvalue weighted by Crippen LogP contribution is -2.16. The highest BCUT2D eigenvalue weighted by Crippen LogP contribution is 2.14. The van der Waals surface area contributed by atoms with Gasteiger partial charge in [-0.15, -0.1) is 0 Å². The van der Waals surface area contributed by atoms with Crippen molar-refractivity contribution in [2.45, 2.75) is 122 Å². The zero-order valence-electron chi connectivity index (χ0n) is 16.3. The van der Waals surface area contributed by atoms with Crippen molar-refractivity contribution < 1.29 is 14.9 Å². The van der Waals surface area contributed by atoms with Crippen LogP contribution in [0.1, 0.15) is 116 Å². The van der Waals surface area contributed by atoms with Gasteiger partial charge in [0.2, 0.25) is 0 Å². The fourth-order valence-corrected chi connectivity index (χ4v) is 3.10. The van der Waals surface area contributed by atoms with Crippen LogP contribution in [-0.2, 0) is 4.74 Å². The normalized spacial score (nSPS) is 12.6. The van der Waals surface area contributed by atoms with Crippen molar-refractivity contribution in [2.75, 3.05) is 13.2 Å². The lowest BCUT2D eigenvalue weighted by Gasteiger charge is -2.08. The summed E-state index contributed by atoms with van der Waals surface area (Å²) in [5, 5.41) is 17.6. The van der Waals surface area contributed by atoms with E-state index in [0.717, 1.165) is 12.8 Å². The Kier molecular flexibility index (Phi) is 20.8. The first-order chi connectivity index (χ1) is 11.8. The molecule has 0 amide bonds. The summed E-state index contributed by atoms with van der Waals surface area (Å²) < 4.78 is 5.02. The maximum atomic E-state index is 9.02. The van der Waals surface area contributed by atoms with Crippen molar-refractivity contribution in [3.63, 3.8) is 0 Å². The molecule has 1 atom stereocenters. The van der Waals surface area contributed by atoms with Gasteiger partial charge in [0.15, 0.2) is 6.29 Å². The third-order valence-corrected chi connectivity index (χ3v) is 4.71. The number of aliphatic hydroxyl groups is 2. The summed E-state index contributed by atoms with van der Waals surface area (Å²) in [5.41, 5.74) is 0. The first-order valence-electron chi connectivity index (χ1n) is 10.7. The van der Waals surface area contributed by atoms with Crippen LogP contribution in [0.3, 0.4) is 0 Å². The van der Waals surface area contributed by atoms with Crippen molar-refractivity contribution >= 4 is 0 Å². The highest BCUT2D eigenvalue weighted by molar-refractivity contribution is 4.50. The van der Waals surface area contributed by atoms with Crippen molar-refractivity contribution in [3.05, 3.63) is 0 Å². The highest BCUT2D eigenvalue weighted by atomic mass is 16.6. The summed E-state index contributed by atoms with van der Waals surface area (Å²) in [6, 6.07) is 0. The van der Waals surface area contributed by atoms with E-state index in [2.05, 4.69) is 6.92 Å². The van der Waals surface area contributed by atoms with Crippen LogP contribution in [-0.4, -0.2) is 29.7 Å². The van der Waals surface area contributed by atoms with Gasteiger partial charge in [0.25, 0.3) is 0 Å². The zero-order chi connectivity index (χ0) is 17.7. The van der Waals surface area contributed by atoms with Crippen molar-refractivity contribution in [1.82, 2.24) is 0 Å². The van der Waals surface area contributed by atoms with Gasteiger partial charge in [-0.05, 0) is 6.42 Å². The Morgan fingerprint density at radius 3 is 1.25 bits per heavy atom. The number of ether oxygens (including phenoxy) is 1. The van der Waals surface area contributed by atoms with Crippen LogP contribution in [0.4, 0.5) is 0 Å². The third-order valence-electron chi connectivity index (χ3n) is 4.71. The predicted molar refractivity (Wildman–Crippen MR) is 103 cm³/mol. The molecule has 2 N–H and O–H groups in total. The fourth-order valence-electron chi connectivity index (χ4n) is 3.10. The van der Waals surface area contributed by atoms with Gasteiger partial charge in [0.1, 0.15) is 0 Å². The van der Waals surface area contributed by atoms with Crippen LogP contribution in [0.25, 0.3) is 0 Å². The van der Waals surface area contributed by atoms with Gasteiger partial charge in [-0.25, -0.2) is 0 Å². The highest BCUT2D eigenvalue weighted by Gasteiger charge is 2.00. The first kappa shape index (κ1) is 23.9. The van der Waals surface area contributed by atoms with Gasteiger partial charge in [-0.1, -0.05) is 110 Å². The summed E-state index contributed by atoms with van der Waals surface area (Å²) in [6.45, 7) is 2.53. The quantitative estimate of drug-likeness (QED) is 0.211. The molecule has 1 unspecified atom stereocenters. The average Bonchev–Trinajstić information content (AvgIpc) is 2.60. The molecular weight excluding hydrogens is 300 g/mol. The second kappa shape index (κ2) is 20.9. The number of hydrogen-bond donors (Lipinski definition) is 2. The van der Waals surface area contributed by atoms with Crippen molar-refractivity contribution in [1.29, 1.82) is 0 Å². The van der Waals surface area contributed by atoms with Gasteiger partial charge >= 0.3 is 0 Å². The molecule has 0 aliphatic rings. The van der Waals surface area contributed by atoms with Crippen molar-refractivity contribution in [3.8, 4) is 0 Å². The van der Waals surface area contributed by atoms with E-state index in [0.29, 0.717) is 6.61 Å². The van der Waals surface area contributed by atoms with Crippen LogP contribution in [0, 0.1) is 0 Å². The van der Waals surface area contributed by atoms with E-state index in [9.17, 15) is 0 Å². The van der Waals surface area contributed by atoms with Gasteiger partial charge in [-0.2, -0.15) is 0 Å². The van der Waals surface area contributed by atoms with E-state index in [1.807, 2.05) is 0 Å². The molecular formula is C21H44O3. The Bertz CT molecular complexity index is 221. The Hall–Kier alpha value is -0.120. The number of hydrogen-bond acceptors (Lipinski definition) is 3. The van der Waals surface area contributed by atoms with Gasteiger partial charge in [0.05, 0.1) is 6.61 Å². The van der Waals surface area contributed by atoms with Gasteiger partial charge < -0.3 is 14.9 Å². The van der Waals surface area contributed by atoms with E-state index < -0.39 is 6.29 Å². The molecule has 0 aliphatic carbocycles. The fraction of sp³-hybridized carbons (Fsp3) is 1.00. The molecule has 146 valence electrons. The van der Waals surface area contributed by atoms with E-state index in [1.165, 1.54) is 96.3 Å². The predicted octanol–water partition coefficient (Wildman–Crippen LogP) is 5.97. The largest absolute Gasteiger partial charge is 0.391 e. The molecule has 0 heterocycles. The molecule has 3 nitrogen and oxygen atoms in total. The van der Waals surface area contributed by atoms with Crippen LogP contribution >= 0.6 is 0 Å². The molecule has 0 aromatic carbocycles. The number of aliphatic hydroxyl groups excluding tert-OH is 2. The topological polar surface area (TPSA) is 49.7 Å². The second-order valence-electron chi connectivity index (χ2n) is 7.16. The molecule has 0 rings (SSSR count). The Morgan fingerprint density at radius 2 is 0.917 bits per heavy atom. The minimum Gasteiger partial charge on any atom is -0.391 e. The summed E-state index contributed by atoms with van der Waals surface area (Å²) in [7, 11) is 0. The zero-order valence-corrected chi connectivity index (χ0v) is 16.3. The maximum Gasteiger partial charge on any atom is 0.177 e. The summed E-state index contributed by atoms with van der Waals surface area (Å²) in [6.07, 6.45) is 22.2. The van der Waals surface area contributed by atoms with Gasteiger partial charge in [0, 0.05) is 6.61 Å². The lowest BCUT2D eigenvalue weighted by atomic mass is 10.0. The minimum atomic E-state index is -0.994. The van der Waals surface area contributed by atoms with E-state index >= 15 is 0 Å². The van der Waals surface area contributed by atoms with Crippen molar-refractivity contribution in [2.24, 2.45) is 0 Å². The Morgan fingerprint density at radius 1 is 0.583 bits per heavy atom. The van der Waals surface area contributed by atoms with E-state index in [-0.39, 0.29) is 6.61 Å². The summed E-state index contributed by atoms with van der Waals surface area (Å²) >= 11 is 0. The Balaban J connectivity index is 2.98. The SMILES string of the molecule is CCCCCCCCCCCCCCCCCCCOC(O)CO. The lowest BCUT2D eigenvalue weighted by molar-refractivity contribution is -0.125. The minimum absolute atomic E-state index is 0.307. The molecule has 0 aliphatic heterocycles. The third kappa shape index (κ3) is 19.9. The average molecular weight is 345 g/mol. The molecule has 3 heteroatoms. The Labute approximate surface area is 151 Å². The molecule has 0 saturated heterocycles. The number of unbranched alkanes of at least 4 members (excludes halogenated alkanes) is 16. The van der Waals surface area contributed by atoms with Gasteiger partial charge in [-0.3, -0.25) is 0 Å². The monoisotopic (exact) mass is 344 g/mol. The van der Waals surface area contributed by atoms with Crippen LogP contribution in [0.2, 0.25) is 0 Å².